The minimum Gasteiger partial charge on any atom is -0.481 e. The number of hydrogen-bond donors (Lipinski definition) is 1. The predicted molar refractivity (Wildman–Crippen MR) is 62.5 cm³/mol. The molecule has 92 valence electrons. The van der Waals surface area contributed by atoms with Crippen LogP contribution in [0.25, 0.3) is 0 Å². The number of likely N-dealkylation sites (tertiary alicyclic amines) is 2. The number of carboxylic acid groups (broad SMARTS) is 1. The minimum absolute atomic E-state index is 0.347. The van der Waals surface area contributed by atoms with Gasteiger partial charge in [-0.15, -0.1) is 0 Å². The van der Waals surface area contributed by atoms with Gasteiger partial charge in [0, 0.05) is 26.1 Å². The SMILES string of the molecule is O=C(O)CC1CCN(CCN2CCCC2)C1. The van der Waals surface area contributed by atoms with Crippen molar-refractivity contribution >= 4 is 5.97 Å². The van der Waals surface area contributed by atoms with Gasteiger partial charge in [0.1, 0.15) is 0 Å². The van der Waals surface area contributed by atoms with E-state index in [1.807, 2.05) is 0 Å². The summed E-state index contributed by atoms with van der Waals surface area (Å²) < 4.78 is 0. The van der Waals surface area contributed by atoms with Crippen molar-refractivity contribution < 1.29 is 9.90 Å². The molecule has 0 amide bonds. The Morgan fingerprint density at radius 2 is 1.81 bits per heavy atom. The van der Waals surface area contributed by atoms with Gasteiger partial charge in [0.05, 0.1) is 0 Å². The molecule has 1 unspecified atom stereocenters. The van der Waals surface area contributed by atoms with Crippen molar-refractivity contribution in [2.45, 2.75) is 25.7 Å². The van der Waals surface area contributed by atoms with Crippen molar-refractivity contribution in [1.82, 2.24) is 9.80 Å². The van der Waals surface area contributed by atoms with Crippen LogP contribution in [0.5, 0.6) is 0 Å². The van der Waals surface area contributed by atoms with E-state index in [1.165, 1.54) is 32.5 Å². The van der Waals surface area contributed by atoms with E-state index in [1.54, 1.807) is 0 Å². The van der Waals surface area contributed by atoms with Crippen molar-refractivity contribution in [3.63, 3.8) is 0 Å². The normalized spacial score (nSPS) is 27.6. The molecular formula is C12H22N2O2. The van der Waals surface area contributed by atoms with Gasteiger partial charge in [0.2, 0.25) is 0 Å². The van der Waals surface area contributed by atoms with Gasteiger partial charge in [-0.05, 0) is 44.8 Å². The van der Waals surface area contributed by atoms with E-state index in [0.717, 1.165) is 26.1 Å². The lowest BCUT2D eigenvalue weighted by Crippen LogP contribution is -2.32. The fraction of sp³-hybridized carbons (Fsp3) is 0.917. The number of carbonyl (C=O) groups is 1. The molecule has 0 spiro atoms. The van der Waals surface area contributed by atoms with Crippen LogP contribution in [0.3, 0.4) is 0 Å². The number of hydrogen-bond acceptors (Lipinski definition) is 3. The van der Waals surface area contributed by atoms with E-state index in [0.29, 0.717) is 12.3 Å². The van der Waals surface area contributed by atoms with E-state index < -0.39 is 5.97 Å². The maximum atomic E-state index is 10.6. The lowest BCUT2D eigenvalue weighted by atomic mass is 10.1. The van der Waals surface area contributed by atoms with Crippen molar-refractivity contribution in [2.24, 2.45) is 5.92 Å². The fourth-order valence-electron chi connectivity index (χ4n) is 2.82. The highest BCUT2D eigenvalue weighted by Gasteiger charge is 2.24. The highest BCUT2D eigenvalue weighted by atomic mass is 16.4. The molecule has 4 heteroatoms. The average molecular weight is 226 g/mol. The van der Waals surface area contributed by atoms with Gasteiger partial charge in [0.15, 0.2) is 0 Å². The van der Waals surface area contributed by atoms with Crippen molar-refractivity contribution in [2.75, 3.05) is 39.3 Å². The Morgan fingerprint density at radius 3 is 2.50 bits per heavy atom. The number of carboxylic acids is 1. The first-order valence-electron chi connectivity index (χ1n) is 6.40. The van der Waals surface area contributed by atoms with E-state index >= 15 is 0 Å². The molecule has 0 aliphatic carbocycles. The van der Waals surface area contributed by atoms with Crippen LogP contribution in [0.2, 0.25) is 0 Å². The van der Waals surface area contributed by atoms with Gasteiger partial charge in [-0.25, -0.2) is 0 Å². The van der Waals surface area contributed by atoms with Crippen LogP contribution in [-0.2, 0) is 4.79 Å². The van der Waals surface area contributed by atoms with Crippen LogP contribution in [0.15, 0.2) is 0 Å². The molecule has 0 saturated carbocycles. The molecule has 2 saturated heterocycles. The van der Waals surface area contributed by atoms with E-state index in [9.17, 15) is 4.79 Å². The first-order chi connectivity index (χ1) is 7.74. The highest BCUT2D eigenvalue weighted by molar-refractivity contribution is 5.67. The quantitative estimate of drug-likeness (QED) is 0.756. The van der Waals surface area contributed by atoms with Crippen LogP contribution in [0.1, 0.15) is 25.7 Å². The Morgan fingerprint density at radius 1 is 1.12 bits per heavy atom. The Balaban J connectivity index is 1.62. The van der Waals surface area contributed by atoms with E-state index in [2.05, 4.69) is 9.80 Å². The van der Waals surface area contributed by atoms with Crippen LogP contribution in [-0.4, -0.2) is 60.1 Å². The van der Waals surface area contributed by atoms with Gasteiger partial charge in [-0.1, -0.05) is 0 Å². The summed E-state index contributed by atoms with van der Waals surface area (Å²) in [6, 6.07) is 0. The second-order valence-electron chi connectivity index (χ2n) is 5.10. The highest BCUT2D eigenvalue weighted by Crippen LogP contribution is 2.19. The monoisotopic (exact) mass is 226 g/mol. The summed E-state index contributed by atoms with van der Waals surface area (Å²) >= 11 is 0. The molecular weight excluding hydrogens is 204 g/mol. The number of rotatable bonds is 5. The van der Waals surface area contributed by atoms with Crippen LogP contribution < -0.4 is 0 Å². The van der Waals surface area contributed by atoms with Gasteiger partial charge in [-0.3, -0.25) is 4.79 Å². The summed E-state index contributed by atoms with van der Waals surface area (Å²) in [6.07, 6.45) is 4.11. The standard InChI is InChI=1S/C12H22N2O2/c15-12(16)9-11-3-6-14(10-11)8-7-13-4-1-2-5-13/h11H,1-10H2,(H,15,16). The molecule has 0 aromatic carbocycles. The third-order valence-electron chi connectivity index (χ3n) is 3.76. The molecule has 2 rings (SSSR count). The lowest BCUT2D eigenvalue weighted by molar-refractivity contribution is -0.138. The lowest BCUT2D eigenvalue weighted by Gasteiger charge is -2.20. The van der Waals surface area contributed by atoms with Crippen LogP contribution in [0, 0.1) is 5.92 Å². The maximum Gasteiger partial charge on any atom is 0.303 e. The van der Waals surface area contributed by atoms with Crippen LogP contribution in [0.4, 0.5) is 0 Å². The van der Waals surface area contributed by atoms with Gasteiger partial charge >= 0.3 is 5.97 Å². The van der Waals surface area contributed by atoms with E-state index in [4.69, 9.17) is 5.11 Å². The topological polar surface area (TPSA) is 43.8 Å². The molecule has 0 aromatic heterocycles. The number of nitrogens with zero attached hydrogens (tertiary/aromatic N) is 2. The van der Waals surface area contributed by atoms with Crippen molar-refractivity contribution in [3.8, 4) is 0 Å². The summed E-state index contributed by atoms with van der Waals surface area (Å²) in [4.78, 5) is 15.5. The summed E-state index contributed by atoms with van der Waals surface area (Å²) in [5.74, 6) is -0.262. The zero-order valence-electron chi connectivity index (χ0n) is 9.90. The summed E-state index contributed by atoms with van der Waals surface area (Å²) in [5, 5.41) is 8.74. The zero-order chi connectivity index (χ0) is 11.4. The Hall–Kier alpha value is -0.610. The summed E-state index contributed by atoms with van der Waals surface area (Å²) in [7, 11) is 0. The molecule has 1 N–H and O–H groups in total. The second kappa shape index (κ2) is 5.64. The van der Waals surface area contributed by atoms with Gasteiger partial charge in [0.25, 0.3) is 0 Å². The second-order valence-corrected chi connectivity index (χ2v) is 5.10. The largest absolute Gasteiger partial charge is 0.481 e. The van der Waals surface area contributed by atoms with Gasteiger partial charge < -0.3 is 14.9 Å². The third kappa shape index (κ3) is 3.46. The molecule has 0 aromatic rings. The summed E-state index contributed by atoms with van der Waals surface area (Å²) in [6.45, 7) is 6.88. The number of aliphatic carboxylic acids is 1. The predicted octanol–water partition coefficient (Wildman–Crippen LogP) is 0.879. The minimum atomic E-state index is -0.647. The fourth-order valence-corrected chi connectivity index (χ4v) is 2.82. The summed E-state index contributed by atoms with van der Waals surface area (Å²) in [5.41, 5.74) is 0. The first kappa shape index (κ1) is 11.9. The first-order valence-corrected chi connectivity index (χ1v) is 6.40. The molecule has 0 bridgehead atoms. The van der Waals surface area contributed by atoms with Gasteiger partial charge in [-0.2, -0.15) is 0 Å². The molecule has 1 atom stereocenters. The van der Waals surface area contributed by atoms with Crippen LogP contribution >= 0.6 is 0 Å². The third-order valence-corrected chi connectivity index (χ3v) is 3.76. The van der Waals surface area contributed by atoms with Crippen molar-refractivity contribution in [1.29, 1.82) is 0 Å². The molecule has 4 nitrogen and oxygen atoms in total. The molecule has 2 heterocycles. The molecule has 0 radical (unpaired) electrons. The molecule has 16 heavy (non-hydrogen) atoms. The Bertz CT molecular complexity index is 239. The smallest absolute Gasteiger partial charge is 0.303 e. The zero-order valence-corrected chi connectivity index (χ0v) is 9.90. The van der Waals surface area contributed by atoms with Crippen molar-refractivity contribution in [3.05, 3.63) is 0 Å². The Kier molecular flexibility index (Phi) is 4.18. The van der Waals surface area contributed by atoms with E-state index in [-0.39, 0.29) is 0 Å². The average Bonchev–Trinajstić information content (AvgIpc) is 2.84. The Labute approximate surface area is 97.2 Å². The maximum absolute atomic E-state index is 10.6. The molecule has 2 fully saturated rings. The molecule has 2 aliphatic heterocycles. The molecule has 2 aliphatic rings.